The SMILES string of the molecule is CCOC(=O)COc1c2cc(C(C)(C)C)cc1Sc1cc(C(C)(C)C)cc(c1OCC(=O)OCC)S(=O)c1cc(C(C)(C)C)cc(c1OCC(=O)OCC)Sc1cc(C(C)(C)C)cc(c1OCC(=O)OCC)S2. The third-order valence-corrected chi connectivity index (χ3v) is 15.7. The number of hydrogen-bond acceptors (Lipinski definition) is 16. The molecule has 0 aromatic heterocycles. The Labute approximate surface area is 447 Å². The predicted molar refractivity (Wildman–Crippen MR) is 286 cm³/mol. The first-order valence-corrected chi connectivity index (χ1v) is 28.0. The van der Waals surface area contributed by atoms with Gasteiger partial charge in [0.1, 0.15) is 11.5 Å². The van der Waals surface area contributed by atoms with Gasteiger partial charge < -0.3 is 37.9 Å². The molecular weight excluding hydrogens is 1010 g/mol. The van der Waals surface area contributed by atoms with E-state index in [0.717, 1.165) is 22.3 Å². The van der Waals surface area contributed by atoms with Crippen molar-refractivity contribution in [1.29, 1.82) is 0 Å². The zero-order chi connectivity index (χ0) is 54.2. The quantitative estimate of drug-likeness (QED) is 0.0678. The first kappa shape index (κ1) is 59.0. The molecule has 1 aliphatic rings. The second-order valence-electron chi connectivity index (χ2n) is 21.2. The van der Waals surface area contributed by atoms with Crippen LogP contribution in [0.25, 0.3) is 0 Å². The Hall–Kier alpha value is -4.84. The van der Waals surface area contributed by atoms with Crippen molar-refractivity contribution in [3.63, 3.8) is 0 Å². The Morgan fingerprint density at radius 2 is 0.575 bits per heavy atom. The van der Waals surface area contributed by atoms with E-state index in [2.05, 4.69) is 41.5 Å². The van der Waals surface area contributed by atoms with Crippen molar-refractivity contribution in [1.82, 2.24) is 0 Å². The highest BCUT2D eigenvalue weighted by molar-refractivity contribution is 8.01. The number of rotatable bonds is 16. The van der Waals surface area contributed by atoms with E-state index in [1.165, 1.54) is 35.3 Å². The Morgan fingerprint density at radius 3 is 0.795 bits per heavy atom. The molecule has 398 valence electrons. The molecule has 4 aromatic rings. The minimum Gasteiger partial charge on any atom is -0.480 e. The number of benzene rings is 4. The van der Waals surface area contributed by atoms with Crippen LogP contribution in [0.1, 0.15) is 133 Å². The predicted octanol–water partition coefficient (Wildman–Crippen LogP) is 12.6. The molecule has 73 heavy (non-hydrogen) atoms. The summed E-state index contributed by atoms with van der Waals surface area (Å²) in [6.07, 6.45) is 0. The molecule has 0 radical (unpaired) electrons. The second-order valence-corrected chi connectivity index (χ2v) is 25.8. The molecule has 0 spiro atoms. The third kappa shape index (κ3) is 15.6. The summed E-state index contributed by atoms with van der Waals surface area (Å²) >= 11 is 3.88. The number of ether oxygens (including phenoxy) is 8. The van der Waals surface area contributed by atoms with Crippen molar-refractivity contribution in [3.05, 3.63) is 70.8 Å². The topological polar surface area (TPSA) is 159 Å². The molecule has 4 aromatic carbocycles. The maximum Gasteiger partial charge on any atom is 0.344 e. The van der Waals surface area contributed by atoms with Crippen LogP contribution in [0.15, 0.2) is 87.7 Å². The van der Waals surface area contributed by atoms with Crippen LogP contribution in [0.2, 0.25) is 0 Å². The van der Waals surface area contributed by atoms with E-state index in [1.807, 2.05) is 90.1 Å². The van der Waals surface area contributed by atoms with Gasteiger partial charge in [0.05, 0.1) is 76.4 Å². The molecule has 13 nitrogen and oxygen atoms in total. The van der Waals surface area contributed by atoms with Gasteiger partial charge in [-0.3, -0.25) is 0 Å². The van der Waals surface area contributed by atoms with Crippen molar-refractivity contribution in [3.8, 4) is 23.0 Å². The Morgan fingerprint density at radius 1 is 0.370 bits per heavy atom. The molecule has 0 saturated carbocycles. The molecule has 0 saturated heterocycles. The Kier molecular flexibility index (Phi) is 20.0. The van der Waals surface area contributed by atoms with Crippen LogP contribution in [0.4, 0.5) is 0 Å². The van der Waals surface area contributed by atoms with Crippen molar-refractivity contribution >= 4 is 70.0 Å². The van der Waals surface area contributed by atoms with Gasteiger partial charge in [-0.25, -0.2) is 23.4 Å². The van der Waals surface area contributed by atoms with Crippen LogP contribution in [-0.4, -0.2) is 80.9 Å². The van der Waals surface area contributed by atoms with Crippen LogP contribution in [0.3, 0.4) is 0 Å². The van der Waals surface area contributed by atoms with Gasteiger partial charge in [-0.2, -0.15) is 0 Å². The van der Waals surface area contributed by atoms with Gasteiger partial charge in [-0.05, 0) is 120 Å². The Bertz CT molecular complexity index is 2520. The van der Waals surface area contributed by atoms with Gasteiger partial charge in [0.2, 0.25) is 0 Å². The summed E-state index contributed by atoms with van der Waals surface area (Å²) in [6, 6.07) is 15.6. The average Bonchev–Trinajstić information content (AvgIpc) is 3.28. The molecule has 0 atom stereocenters. The van der Waals surface area contributed by atoms with Crippen molar-refractivity contribution < 1.29 is 61.3 Å². The van der Waals surface area contributed by atoms with Gasteiger partial charge in [0, 0.05) is 0 Å². The highest BCUT2D eigenvalue weighted by Crippen LogP contribution is 2.55. The van der Waals surface area contributed by atoms with Gasteiger partial charge in [0.25, 0.3) is 0 Å². The highest BCUT2D eigenvalue weighted by Gasteiger charge is 2.33. The van der Waals surface area contributed by atoms with Crippen LogP contribution in [0.5, 0.6) is 23.0 Å². The lowest BCUT2D eigenvalue weighted by atomic mass is 9.87. The van der Waals surface area contributed by atoms with E-state index in [4.69, 9.17) is 37.9 Å². The van der Waals surface area contributed by atoms with Crippen LogP contribution in [0, 0.1) is 0 Å². The van der Waals surface area contributed by atoms with Crippen LogP contribution < -0.4 is 18.9 Å². The van der Waals surface area contributed by atoms with E-state index in [0.29, 0.717) is 40.9 Å². The summed E-state index contributed by atoms with van der Waals surface area (Å²) < 4.78 is 63.8. The number of carbonyl (C=O) groups is 4. The van der Waals surface area contributed by atoms with Crippen molar-refractivity contribution in [2.24, 2.45) is 0 Å². The zero-order valence-electron chi connectivity index (χ0n) is 45.2. The van der Waals surface area contributed by atoms with Gasteiger partial charge in [-0.1, -0.05) is 118 Å². The fraction of sp³-hybridized carbons (Fsp3) is 0.500. The van der Waals surface area contributed by atoms with Crippen molar-refractivity contribution in [2.45, 2.75) is 172 Å². The van der Waals surface area contributed by atoms with Crippen LogP contribution in [-0.2, 0) is 70.6 Å². The molecule has 8 bridgehead atoms. The molecule has 17 heteroatoms. The van der Waals surface area contributed by atoms with E-state index in [-0.39, 0.29) is 47.7 Å². The zero-order valence-corrected chi connectivity index (χ0v) is 48.5. The summed E-state index contributed by atoms with van der Waals surface area (Å²) in [5.74, 6) is -1.46. The average molecular weight is 1080 g/mol. The molecule has 1 aliphatic heterocycles. The fourth-order valence-electron chi connectivity index (χ4n) is 7.15. The summed E-state index contributed by atoms with van der Waals surface area (Å²) in [6.45, 7) is 30.3. The minimum atomic E-state index is -2.17. The van der Waals surface area contributed by atoms with Crippen molar-refractivity contribution in [2.75, 3.05) is 52.9 Å². The molecule has 0 aliphatic carbocycles. The van der Waals surface area contributed by atoms with Gasteiger partial charge in [0.15, 0.2) is 37.9 Å². The van der Waals surface area contributed by atoms with E-state index < -0.39 is 82.8 Å². The molecular formula is C56H72O13S4. The normalized spacial score (nSPS) is 13.2. The maximum atomic E-state index is 16.2. The first-order chi connectivity index (χ1) is 34.1. The fourth-order valence-corrected chi connectivity index (χ4v) is 12.2. The highest BCUT2D eigenvalue weighted by atomic mass is 32.2. The van der Waals surface area contributed by atoms with Gasteiger partial charge in [-0.15, -0.1) is 0 Å². The Balaban J connectivity index is 2.08. The summed E-state index contributed by atoms with van der Waals surface area (Å²) in [4.78, 5) is 56.6. The molecule has 0 fully saturated rings. The van der Waals surface area contributed by atoms with Crippen LogP contribution >= 0.6 is 35.3 Å². The standard InChI is InChI=1S/C56H72O13S4/c1-17-62-45(57)29-66-49-37-21-33(53(5,6)7)23-39(49)71-41-25-35(55(11,12)13)27-43(51(41)68-31-47(59)64-19-3)73(61)44-28-36(56(14,15)16)26-42(52(44)69-32-48(60)65-20-4)72-40-24-34(54(8,9)10)22-38(70-37)50(40)67-30-46(58)63-18-2/h21-28H,17-20,29-32H2,1-16H3. The lowest BCUT2D eigenvalue weighted by molar-refractivity contribution is -0.146. The summed E-state index contributed by atoms with van der Waals surface area (Å²) in [5, 5.41) is 0. The lowest BCUT2D eigenvalue weighted by Gasteiger charge is -2.28. The first-order valence-electron chi connectivity index (χ1n) is 24.4. The summed E-state index contributed by atoms with van der Waals surface area (Å²) in [7, 11) is -2.17. The monoisotopic (exact) mass is 1080 g/mol. The molecule has 0 unspecified atom stereocenters. The number of hydrogen-bond donors (Lipinski definition) is 0. The molecule has 5 rings (SSSR count). The smallest absolute Gasteiger partial charge is 0.344 e. The number of fused-ring (bicyclic) bond motifs is 8. The van der Waals surface area contributed by atoms with Gasteiger partial charge >= 0.3 is 23.9 Å². The molecule has 1 heterocycles. The van der Waals surface area contributed by atoms with E-state index in [9.17, 15) is 19.2 Å². The maximum absolute atomic E-state index is 16.2. The number of esters is 4. The number of carbonyl (C=O) groups excluding carboxylic acids is 4. The third-order valence-electron chi connectivity index (χ3n) is 11.2. The second kappa shape index (κ2) is 24.7. The van der Waals surface area contributed by atoms with E-state index in [1.54, 1.807) is 27.7 Å². The largest absolute Gasteiger partial charge is 0.480 e. The summed E-state index contributed by atoms with van der Waals surface area (Å²) in [5.41, 5.74) is 1.52. The minimum absolute atomic E-state index is 0.114. The molecule has 0 N–H and O–H groups in total. The lowest BCUT2D eigenvalue weighted by Crippen LogP contribution is -2.19. The van der Waals surface area contributed by atoms with E-state index >= 15 is 4.21 Å². The molecule has 0 amide bonds.